The highest BCUT2D eigenvalue weighted by Gasteiger charge is 1.86. The highest BCUT2D eigenvalue weighted by Crippen LogP contribution is 2.06. The van der Waals surface area contributed by atoms with Crippen molar-refractivity contribution in [2.45, 2.75) is 13.8 Å². The molecule has 1 rings (SSSR count). The van der Waals surface area contributed by atoms with Gasteiger partial charge in [-0.2, -0.15) is 0 Å². The third-order valence-corrected chi connectivity index (χ3v) is 1.19. The Bertz CT molecular complexity index is 155. The number of rotatable bonds is 0. The van der Waals surface area contributed by atoms with E-state index in [1.54, 1.807) is 12.4 Å². The van der Waals surface area contributed by atoms with Gasteiger partial charge in [0.15, 0.2) is 0 Å². The van der Waals surface area contributed by atoms with E-state index in [9.17, 15) is 0 Å². The minimum Gasteiger partial charge on any atom is -0.225 e. The molecule has 56 valence electrons. The Kier molecular flexibility index (Phi) is 5.54. The molecule has 0 unspecified atom stereocenters. The van der Waals surface area contributed by atoms with E-state index in [1.807, 2.05) is 13.8 Å². The molecule has 0 aromatic carbocycles. The molecule has 0 aliphatic heterocycles. The first kappa shape index (κ1) is 9.85. The van der Waals surface area contributed by atoms with Gasteiger partial charge in [0.1, 0.15) is 0 Å². The van der Waals surface area contributed by atoms with Crippen molar-refractivity contribution in [3.05, 3.63) is 22.1 Å². The van der Waals surface area contributed by atoms with Crippen molar-refractivity contribution in [2.24, 2.45) is 0 Å². The molecule has 0 saturated carbocycles. The van der Waals surface area contributed by atoms with E-state index in [1.165, 1.54) is 0 Å². The lowest BCUT2D eigenvalue weighted by molar-refractivity contribution is 1.15. The van der Waals surface area contributed by atoms with E-state index in [0.29, 0.717) is 0 Å². The second-order valence-corrected chi connectivity index (χ2v) is 2.42. The van der Waals surface area contributed by atoms with Crippen LogP contribution in [-0.4, -0.2) is 9.97 Å². The molecule has 0 atom stereocenters. The third-order valence-electron chi connectivity index (χ3n) is 0.589. The van der Waals surface area contributed by atoms with Gasteiger partial charge in [0, 0.05) is 12.4 Å². The van der Waals surface area contributed by atoms with Crippen LogP contribution < -0.4 is 0 Å². The average molecular weight is 224 g/mol. The minimum atomic E-state index is 0.271. The summed E-state index contributed by atoms with van der Waals surface area (Å²) < 4.78 is 0.835. The Morgan fingerprint density at radius 3 is 2.00 bits per heavy atom. The first-order valence-corrected chi connectivity index (χ1v) is 4.09. The Labute approximate surface area is 73.8 Å². The monoisotopic (exact) mass is 222 g/mol. The highest BCUT2D eigenvalue weighted by molar-refractivity contribution is 9.10. The van der Waals surface area contributed by atoms with Crippen molar-refractivity contribution in [3.63, 3.8) is 0 Å². The Morgan fingerprint density at radius 2 is 1.70 bits per heavy atom. The van der Waals surface area contributed by atoms with Crippen LogP contribution in [0.3, 0.4) is 0 Å². The smallest absolute Gasteiger partial charge is 0.222 e. The predicted molar refractivity (Wildman–Crippen MR) is 46.1 cm³/mol. The molecule has 0 spiro atoms. The van der Waals surface area contributed by atoms with Gasteiger partial charge >= 0.3 is 0 Å². The molecule has 1 heterocycles. The molecule has 0 bridgehead atoms. The molecule has 0 aliphatic carbocycles. The van der Waals surface area contributed by atoms with Gasteiger partial charge < -0.3 is 0 Å². The zero-order chi connectivity index (χ0) is 7.98. The Balaban J connectivity index is 0.000000371. The molecule has 0 N–H and O–H groups in total. The molecule has 1 aromatic rings. The third kappa shape index (κ3) is 3.80. The van der Waals surface area contributed by atoms with E-state index in [4.69, 9.17) is 11.6 Å². The fraction of sp³-hybridized carbons (Fsp3) is 0.333. The van der Waals surface area contributed by atoms with Gasteiger partial charge in [0.05, 0.1) is 4.47 Å². The average Bonchev–Trinajstić information content (AvgIpc) is 2.00. The first-order chi connectivity index (χ1) is 4.79. The van der Waals surface area contributed by atoms with Crippen LogP contribution in [0.2, 0.25) is 5.28 Å². The van der Waals surface area contributed by atoms with Crippen LogP contribution >= 0.6 is 27.5 Å². The van der Waals surface area contributed by atoms with Crippen LogP contribution in [0.15, 0.2) is 16.9 Å². The van der Waals surface area contributed by atoms with Crippen LogP contribution in [0.5, 0.6) is 0 Å². The molecule has 0 amide bonds. The van der Waals surface area contributed by atoms with Crippen LogP contribution in [0, 0.1) is 0 Å². The molecule has 0 aliphatic rings. The van der Waals surface area contributed by atoms with E-state index >= 15 is 0 Å². The van der Waals surface area contributed by atoms with E-state index in [0.717, 1.165) is 4.47 Å². The maximum atomic E-state index is 5.37. The summed E-state index contributed by atoms with van der Waals surface area (Å²) in [5.41, 5.74) is 0. The number of hydrogen-bond acceptors (Lipinski definition) is 2. The molecule has 10 heavy (non-hydrogen) atoms. The summed E-state index contributed by atoms with van der Waals surface area (Å²) in [5.74, 6) is 0. The maximum absolute atomic E-state index is 5.37. The van der Waals surface area contributed by atoms with Crippen LogP contribution in [-0.2, 0) is 0 Å². The van der Waals surface area contributed by atoms with Crippen molar-refractivity contribution in [1.29, 1.82) is 0 Å². The molecule has 0 saturated heterocycles. The zero-order valence-electron chi connectivity index (χ0n) is 5.81. The largest absolute Gasteiger partial charge is 0.225 e. The number of halogens is 2. The van der Waals surface area contributed by atoms with Gasteiger partial charge in [-0.1, -0.05) is 13.8 Å². The Morgan fingerprint density at radius 1 is 1.30 bits per heavy atom. The van der Waals surface area contributed by atoms with Gasteiger partial charge in [-0.3, -0.25) is 0 Å². The summed E-state index contributed by atoms with van der Waals surface area (Å²) in [4.78, 5) is 7.37. The normalized spacial score (nSPS) is 8.00. The van der Waals surface area contributed by atoms with Crippen molar-refractivity contribution in [2.75, 3.05) is 0 Å². The van der Waals surface area contributed by atoms with Gasteiger partial charge in [0.2, 0.25) is 5.28 Å². The number of nitrogens with zero attached hydrogens (tertiary/aromatic N) is 2. The molecule has 1 aromatic heterocycles. The zero-order valence-corrected chi connectivity index (χ0v) is 8.15. The minimum absolute atomic E-state index is 0.271. The van der Waals surface area contributed by atoms with Gasteiger partial charge in [-0.05, 0) is 27.5 Å². The highest BCUT2D eigenvalue weighted by atomic mass is 79.9. The number of aromatic nitrogens is 2. The van der Waals surface area contributed by atoms with Crippen molar-refractivity contribution < 1.29 is 0 Å². The van der Waals surface area contributed by atoms with Gasteiger partial charge in [0.25, 0.3) is 0 Å². The second-order valence-electron chi connectivity index (χ2n) is 1.17. The topological polar surface area (TPSA) is 25.8 Å². The van der Waals surface area contributed by atoms with Crippen LogP contribution in [0.1, 0.15) is 13.8 Å². The van der Waals surface area contributed by atoms with Crippen LogP contribution in [0.25, 0.3) is 0 Å². The molecule has 0 fully saturated rings. The number of hydrogen-bond donors (Lipinski definition) is 0. The van der Waals surface area contributed by atoms with Crippen molar-refractivity contribution >= 4 is 27.5 Å². The summed E-state index contributed by atoms with van der Waals surface area (Å²) in [6, 6.07) is 0. The molecular weight excluding hydrogens is 215 g/mol. The van der Waals surface area contributed by atoms with Gasteiger partial charge in [-0.15, -0.1) is 0 Å². The molecular formula is C6H8BrClN2. The maximum Gasteiger partial charge on any atom is 0.222 e. The fourth-order valence-electron chi connectivity index (χ4n) is 0.297. The van der Waals surface area contributed by atoms with E-state index in [2.05, 4.69) is 25.9 Å². The second kappa shape index (κ2) is 5.62. The van der Waals surface area contributed by atoms with Crippen LogP contribution in [0.4, 0.5) is 0 Å². The van der Waals surface area contributed by atoms with E-state index in [-0.39, 0.29) is 5.28 Å². The summed E-state index contributed by atoms with van der Waals surface area (Å²) in [6.45, 7) is 4.00. The SMILES string of the molecule is CC.Clc1ncc(Br)cn1. The summed E-state index contributed by atoms with van der Waals surface area (Å²) in [5, 5.41) is 0.271. The van der Waals surface area contributed by atoms with Gasteiger partial charge in [-0.25, -0.2) is 9.97 Å². The standard InChI is InChI=1S/C4H2BrClN2.C2H6/c5-3-1-7-4(6)8-2-3;1-2/h1-2H;1-2H3. The Hall–Kier alpha value is -0.150. The quantitative estimate of drug-likeness (QED) is 0.632. The lowest BCUT2D eigenvalue weighted by Gasteiger charge is -1.85. The van der Waals surface area contributed by atoms with Crippen molar-refractivity contribution in [3.8, 4) is 0 Å². The summed E-state index contributed by atoms with van der Waals surface area (Å²) >= 11 is 8.53. The molecule has 4 heteroatoms. The van der Waals surface area contributed by atoms with E-state index < -0.39 is 0 Å². The lowest BCUT2D eigenvalue weighted by Crippen LogP contribution is -1.77. The summed E-state index contributed by atoms with van der Waals surface area (Å²) in [6.07, 6.45) is 3.19. The summed E-state index contributed by atoms with van der Waals surface area (Å²) in [7, 11) is 0. The molecule has 0 radical (unpaired) electrons. The fourth-order valence-corrected chi connectivity index (χ4v) is 0.599. The van der Waals surface area contributed by atoms with Crippen molar-refractivity contribution in [1.82, 2.24) is 9.97 Å². The first-order valence-electron chi connectivity index (χ1n) is 2.92. The predicted octanol–water partition coefficient (Wildman–Crippen LogP) is 2.92. The molecule has 2 nitrogen and oxygen atoms in total. The lowest BCUT2D eigenvalue weighted by atomic mass is 10.7.